The summed E-state index contributed by atoms with van der Waals surface area (Å²) in [6.07, 6.45) is -0.327. The molecule has 0 saturated carbocycles. The molecule has 2 rings (SSSR count). The van der Waals surface area contributed by atoms with E-state index in [2.05, 4.69) is 5.32 Å². The molecule has 5 heteroatoms. The van der Waals surface area contributed by atoms with Crippen LogP contribution in [0.15, 0.2) is 48.5 Å². The number of methoxy groups -OCH3 is 1. The van der Waals surface area contributed by atoms with Crippen molar-refractivity contribution >= 4 is 5.91 Å². The first-order valence-electron chi connectivity index (χ1n) is 7.82. The quantitative estimate of drug-likeness (QED) is 0.841. The summed E-state index contributed by atoms with van der Waals surface area (Å²) >= 11 is 0. The average Bonchev–Trinajstić information content (AvgIpc) is 2.55. The molecule has 0 spiro atoms. The van der Waals surface area contributed by atoms with Crippen molar-refractivity contribution in [2.75, 3.05) is 13.7 Å². The van der Waals surface area contributed by atoms with Crippen LogP contribution >= 0.6 is 0 Å². The third kappa shape index (κ3) is 5.06. The van der Waals surface area contributed by atoms with E-state index in [-0.39, 0.29) is 24.4 Å². The fourth-order valence-electron chi connectivity index (χ4n) is 2.29. The first-order valence-corrected chi connectivity index (χ1v) is 7.82. The Morgan fingerprint density at radius 2 is 1.88 bits per heavy atom. The molecular weight excluding hydrogens is 309 g/mol. The number of carbonyl (C=O) groups is 1. The fourth-order valence-corrected chi connectivity index (χ4v) is 2.29. The normalized spacial score (nSPS) is 12.0. The first kappa shape index (κ1) is 17.9. The first-order chi connectivity index (χ1) is 11.5. The van der Waals surface area contributed by atoms with E-state index in [1.165, 1.54) is 19.2 Å². The Kier molecular flexibility index (Phi) is 6.32. The SMILES string of the molecule is COC(CNC(=O)c1ccc(OC(C)C)cc1)c1cccc(F)c1. The Morgan fingerprint density at radius 1 is 1.17 bits per heavy atom. The third-order valence-corrected chi connectivity index (χ3v) is 3.44. The van der Waals surface area contributed by atoms with E-state index in [1.54, 1.807) is 36.4 Å². The number of hydrogen-bond donors (Lipinski definition) is 1. The number of benzene rings is 2. The Morgan fingerprint density at radius 3 is 2.46 bits per heavy atom. The Bertz CT molecular complexity index is 671. The Balaban J connectivity index is 1.96. The number of amides is 1. The molecule has 0 fully saturated rings. The molecule has 1 unspecified atom stereocenters. The summed E-state index contributed by atoms with van der Waals surface area (Å²) in [4.78, 5) is 12.2. The number of carbonyl (C=O) groups excluding carboxylic acids is 1. The summed E-state index contributed by atoms with van der Waals surface area (Å²) in [7, 11) is 1.53. The molecule has 1 N–H and O–H groups in total. The minimum Gasteiger partial charge on any atom is -0.491 e. The van der Waals surface area contributed by atoms with Gasteiger partial charge in [-0.15, -0.1) is 0 Å². The average molecular weight is 331 g/mol. The maximum atomic E-state index is 13.3. The van der Waals surface area contributed by atoms with E-state index in [4.69, 9.17) is 9.47 Å². The van der Waals surface area contributed by atoms with Crippen LogP contribution in [0.5, 0.6) is 5.75 Å². The lowest BCUT2D eigenvalue weighted by Gasteiger charge is -2.17. The number of nitrogens with one attached hydrogen (secondary N) is 1. The van der Waals surface area contributed by atoms with Crippen LogP contribution in [0.1, 0.15) is 35.9 Å². The smallest absolute Gasteiger partial charge is 0.251 e. The van der Waals surface area contributed by atoms with E-state index in [9.17, 15) is 9.18 Å². The molecule has 0 aliphatic carbocycles. The molecule has 4 nitrogen and oxygen atoms in total. The zero-order valence-electron chi connectivity index (χ0n) is 14.1. The summed E-state index contributed by atoms with van der Waals surface area (Å²) in [5.74, 6) is 0.169. The summed E-state index contributed by atoms with van der Waals surface area (Å²) < 4.78 is 24.2. The Hall–Kier alpha value is -2.40. The highest BCUT2D eigenvalue weighted by molar-refractivity contribution is 5.94. The molecular formula is C19H22FNO3. The maximum Gasteiger partial charge on any atom is 0.251 e. The fraction of sp³-hybridized carbons (Fsp3) is 0.316. The van der Waals surface area contributed by atoms with Crippen molar-refractivity contribution in [1.82, 2.24) is 5.32 Å². The van der Waals surface area contributed by atoms with Gasteiger partial charge in [-0.2, -0.15) is 0 Å². The third-order valence-electron chi connectivity index (χ3n) is 3.44. The van der Waals surface area contributed by atoms with Crippen LogP contribution in [0.2, 0.25) is 0 Å². The molecule has 1 amide bonds. The number of rotatable bonds is 7. The van der Waals surface area contributed by atoms with Crippen molar-refractivity contribution in [1.29, 1.82) is 0 Å². The van der Waals surface area contributed by atoms with Gasteiger partial charge in [-0.3, -0.25) is 4.79 Å². The summed E-state index contributed by atoms with van der Waals surface area (Å²) in [6, 6.07) is 13.1. The van der Waals surface area contributed by atoms with Crippen molar-refractivity contribution in [3.8, 4) is 5.75 Å². The van der Waals surface area contributed by atoms with Gasteiger partial charge in [-0.1, -0.05) is 12.1 Å². The predicted octanol–water partition coefficient (Wildman–Crippen LogP) is 3.73. The standard InChI is InChI=1S/C19H22FNO3/c1-13(2)24-17-9-7-14(8-10-17)19(22)21-12-18(23-3)15-5-4-6-16(20)11-15/h4-11,13,18H,12H2,1-3H3,(H,21,22). The second kappa shape index (κ2) is 8.45. The molecule has 0 bridgehead atoms. The van der Waals surface area contributed by atoms with Crippen molar-refractivity contribution in [3.63, 3.8) is 0 Å². The van der Waals surface area contributed by atoms with Gasteiger partial charge in [0.2, 0.25) is 0 Å². The number of halogens is 1. The number of hydrogen-bond acceptors (Lipinski definition) is 3. The molecule has 0 saturated heterocycles. The largest absolute Gasteiger partial charge is 0.491 e. The van der Waals surface area contributed by atoms with E-state index < -0.39 is 6.10 Å². The molecule has 0 aliphatic heterocycles. The van der Waals surface area contributed by atoms with Crippen molar-refractivity contribution in [2.45, 2.75) is 26.1 Å². The second-order valence-corrected chi connectivity index (χ2v) is 5.68. The van der Waals surface area contributed by atoms with Crippen LogP contribution in [0.3, 0.4) is 0 Å². The lowest BCUT2D eigenvalue weighted by atomic mass is 10.1. The van der Waals surface area contributed by atoms with E-state index in [0.29, 0.717) is 11.1 Å². The highest BCUT2D eigenvalue weighted by atomic mass is 19.1. The van der Waals surface area contributed by atoms with Crippen LogP contribution < -0.4 is 10.1 Å². The summed E-state index contributed by atoms with van der Waals surface area (Å²) in [5.41, 5.74) is 1.21. The molecule has 24 heavy (non-hydrogen) atoms. The van der Waals surface area contributed by atoms with Gasteiger partial charge in [0.15, 0.2) is 0 Å². The minimum absolute atomic E-state index is 0.0819. The van der Waals surface area contributed by atoms with Crippen molar-refractivity contribution < 1.29 is 18.7 Å². The van der Waals surface area contributed by atoms with Crippen LogP contribution in [-0.4, -0.2) is 25.7 Å². The van der Waals surface area contributed by atoms with E-state index in [1.807, 2.05) is 13.8 Å². The van der Waals surface area contributed by atoms with Crippen LogP contribution in [-0.2, 0) is 4.74 Å². The van der Waals surface area contributed by atoms with Crippen LogP contribution in [0.4, 0.5) is 4.39 Å². The highest BCUT2D eigenvalue weighted by Crippen LogP contribution is 2.17. The van der Waals surface area contributed by atoms with Gasteiger partial charge in [-0.05, 0) is 55.8 Å². The Labute approximate surface area is 141 Å². The van der Waals surface area contributed by atoms with Gasteiger partial charge in [0.25, 0.3) is 5.91 Å². The minimum atomic E-state index is -0.409. The summed E-state index contributed by atoms with van der Waals surface area (Å²) in [6.45, 7) is 4.14. The topological polar surface area (TPSA) is 47.6 Å². The van der Waals surface area contributed by atoms with Crippen molar-refractivity contribution in [3.05, 3.63) is 65.5 Å². The lowest BCUT2D eigenvalue weighted by Crippen LogP contribution is -2.29. The molecule has 0 aromatic heterocycles. The van der Waals surface area contributed by atoms with Crippen LogP contribution in [0, 0.1) is 5.82 Å². The predicted molar refractivity (Wildman–Crippen MR) is 90.7 cm³/mol. The number of ether oxygens (including phenoxy) is 2. The summed E-state index contributed by atoms with van der Waals surface area (Å²) in [5, 5.41) is 2.80. The molecule has 0 heterocycles. The van der Waals surface area contributed by atoms with Gasteiger partial charge in [0.1, 0.15) is 11.6 Å². The van der Waals surface area contributed by atoms with E-state index >= 15 is 0 Å². The van der Waals surface area contributed by atoms with Gasteiger partial charge < -0.3 is 14.8 Å². The maximum absolute atomic E-state index is 13.3. The monoisotopic (exact) mass is 331 g/mol. The highest BCUT2D eigenvalue weighted by Gasteiger charge is 2.14. The van der Waals surface area contributed by atoms with Crippen LogP contribution in [0.25, 0.3) is 0 Å². The molecule has 2 aromatic rings. The lowest BCUT2D eigenvalue weighted by molar-refractivity contribution is 0.0827. The van der Waals surface area contributed by atoms with Gasteiger partial charge in [-0.25, -0.2) is 4.39 Å². The van der Waals surface area contributed by atoms with Gasteiger partial charge >= 0.3 is 0 Å². The van der Waals surface area contributed by atoms with Crippen molar-refractivity contribution in [2.24, 2.45) is 0 Å². The molecule has 2 aromatic carbocycles. The van der Waals surface area contributed by atoms with Gasteiger partial charge in [0, 0.05) is 19.2 Å². The van der Waals surface area contributed by atoms with E-state index in [0.717, 1.165) is 5.75 Å². The van der Waals surface area contributed by atoms with Gasteiger partial charge in [0.05, 0.1) is 12.2 Å². The zero-order valence-corrected chi connectivity index (χ0v) is 14.1. The molecule has 128 valence electrons. The second-order valence-electron chi connectivity index (χ2n) is 5.68. The molecule has 1 atom stereocenters. The zero-order chi connectivity index (χ0) is 17.5. The molecule has 0 radical (unpaired) electrons. The molecule has 0 aliphatic rings.